The van der Waals surface area contributed by atoms with Gasteiger partial charge in [0.2, 0.25) is 10.0 Å². The van der Waals surface area contributed by atoms with Crippen LogP contribution in [0.2, 0.25) is 0 Å². The molecule has 27 heavy (non-hydrogen) atoms. The fourth-order valence-electron chi connectivity index (χ4n) is 5.25. The van der Waals surface area contributed by atoms with Crippen molar-refractivity contribution in [2.24, 2.45) is 11.8 Å². The quantitative estimate of drug-likeness (QED) is 0.836. The van der Waals surface area contributed by atoms with Gasteiger partial charge in [0.25, 0.3) is 0 Å². The summed E-state index contributed by atoms with van der Waals surface area (Å²) in [4.78, 5) is 0. The third-order valence-electron chi connectivity index (χ3n) is 6.37. The van der Waals surface area contributed by atoms with Crippen LogP contribution in [0, 0.1) is 17.7 Å². The molecule has 5 nitrogen and oxygen atoms in total. The minimum atomic E-state index is -3.53. The Hall–Kier alpha value is -1.44. The van der Waals surface area contributed by atoms with E-state index in [-0.39, 0.29) is 24.3 Å². The van der Waals surface area contributed by atoms with E-state index in [1.165, 1.54) is 41.6 Å². The zero-order valence-corrected chi connectivity index (χ0v) is 16.4. The van der Waals surface area contributed by atoms with Gasteiger partial charge in [-0.2, -0.15) is 0 Å². The van der Waals surface area contributed by atoms with Crippen molar-refractivity contribution in [3.05, 3.63) is 35.3 Å². The molecule has 2 aliphatic rings. The first-order valence-electron chi connectivity index (χ1n) is 9.76. The predicted octanol–water partition coefficient (Wildman–Crippen LogP) is 2.96. The van der Waals surface area contributed by atoms with Gasteiger partial charge in [0, 0.05) is 31.0 Å². The Kier molecular flexibility index (Phi) is 5.03. The van der Waals surface area contributed by atoms with Gasteiger partial charge in [0.15, 0.2) is 0 Å². The lowest BCUT2D eigenvalue weighted by molar-refractivity contribution is 0.121. The maximum Gasteiger partial charge on any atom is 0.236 e. The zero-order chi connectivity index (χ0) is 19.2. The van der Waals surface area contributed by atoms with Crippen molar-refractivity contribution in [2.45, 2.75) is 44.6 Å². The van der Waals surface area contributed by atoms with E-state index in [2.05, 4.69) is 5.32 Å². The molecule has 2 heterocycles. The number of benzene rings is 1. The molecule has 1 aliphatic heterocycles. The first-order chi connectivity index (χ1) is 12.9. The standard InChI is InChI=1S/C20H27FN2O3S/c1-27(25,26)23-18-8-7-14(21)9-15(18)20-16(10-22-11-19(20)23)17(12-24)13-5-3-2-4-6-13/h7-9,13,16-17,22,24H,2-6,10-12H2,1H3. The Morgan fingerprint density at radius 3 is 2.70 bits per heavy atom. The van der Waals surface area contributed by atoms with Gasteiger partial charge in [-0.1, -0.05) is 32.1 Å². The molecule has 2 unspecified atom stereocenters. The number of rotatable bonds is 4. The summed E-state index contributed by atoms with van der Waals surface area (Å²) < 4.78 is 40.4. The Labute approximate surface area is 159 Å². The second-order valence-electron chi connectivity index (χ2n) is 8.03. The maximum absolute atomic E-state index is 14.1. The van der Waals surface area contributed by atoms with E-state index in [0.29, 0.717) is 35.6 Å². The third kappa shape index (κ3) is 3.30. The van der Waals surface area contributed by atoms with Crippen molar-refractivity contribution >= 4 is 20.9 Å². The van der Waals surface area contributed by atoms with Crippen LogP contribution in [0.25, 0.3) is 10.9 Å². The van der Waals surface area contributed by atoms with Crippen LogP contribution < -0.4 is 5.32 Å². The number of hydrogen-bond donors (Lipinski definition) is 2. The summed E-state index contributed by atoms with van der Waals surface area (Å²) in [5.41, 5.74) is 2.11. The molecule has 0 radical (unpaired) electrons. The Morgan fingerprint density at radius 1 is 1.30 bits per heavy atom. The van der Waals surface area contributed by atoms with Crippen molar-refractivity contribution < 1.29 is 17.9 Å². The van der Waals surface area contributed by atoms with Crippen molar-refractivity contribution in [1.29, 1.82) is 0 Å². The monoisotopic (exact) mass is 394 g/mol. The molecule has 2 atom stereocenters. The molecule has 1 aromatic carbocycles. The van der Waals surface area contributed by atoms with Crippen molar-refractivity contribution in [2.75, 3.05) is 19.4 Å². The molecule has 1 saturated carbocycles. The summed E-state index contributed by atoms with van der Waals surface area (Å²) in [5, 5.41) is 14.2. The van der Waals surface area contributed by atoms with Crippen LogP contribution in [-0.2, 0) is 16.6 Å². The second-order valence-corrected chi connectivity index (χ2v) is 9.86. The fraction of sp³-hybridized carbons (Fsp3) is 0.600. The number of nitrogens with zero attached hydrogens (tertiary/aromatic N) is 1. The molecule has 0 amide bonds. The van der Waals surface area contributed by atoms with Crippen LogP contribution in [0.4, 0.5) is 4.39 Å². The minimum absolute atomic E-state index is 0.0193. The molecular formula is C20H27FN2O3S. The Balaban J connectivity index is 1.91. The highest BCUT2D eigenvalue weighted by Crippen LogP contribution is 2.44. The number of aliphatic hydroxyl groups excluding tert-OH is 1. The van der Waals surface area contributed by atoms with E-state index < -0.39 is 10.0 Å². The van der Waals surface area contributed by atoms with Crippen molar-refractivity contribution in [3.63, 3.8) is 0 Å². The highest BCUT2D eigenvalue weighted by atomic mass is 32.2. The second kappa shape index (κ2) is 7.18. The summed E-state index contributed by atoms with van der Waals surface area (Å²) in [6.07, 6.45) is 6.96. The molecule has 1 aromatic heterocycles. The van der Waals surface area contributed by atoms with Crippen LogP contribution in [0.15, 0.2) is 18.2 Å². The first-order valence-corrected chi connectivity index (χ1v) is 11.6. The number of halogens is 1. The van der Waals surface area contributed by atoms with Gasteiger partial charge in [-0.25, -0.2) is 16.8 Å². The maximum atomic E-state index is 14.1. The van der Waals surface area contributed by atoms with E-state index in [1.54, 1.807) is 6.07 Å². The molecular weight excluding hydrogens is 367 g/mol. The number of nitrogens with one attached hydrogen (secondary N) is 1. The van der Waals surface area contributed by atoms with Gasteiger partial charge in [-0.3, -0.25) is 0 Å². The summed E-state index contributed by atoms with van der Waals surface area (Å²) in [6.45, 7) is 1.17. The van der Waals surface area contributed by atoms with Crippen LogP contribution in [-0.4, -0.2) is 36.9 Å². The molecule has 1 aliphatic carbocycles. The van der Waals surface area contributed by atoms with Crippen LogP contribution in [0.5, 0.6) is 0 Å². The van der Waals surface area contributed by atoms with Crippen LogP contribution in [0.1, 0.15) is 49.3 Å². The average Bonchev–Trinajstić information content (AvgIpc) is 2.98. The third-order valence-corrected chi connectivity index (χ3v) is 7.45. The van der Waals surface area contributed by atoms with E-state index >= 15 is 0 Å². The van der Waals surface area contributed by atoms with E-state index in [4.69, 9.17) is 0 Å². The molecule has 148 valence electrons. The Morgan fingerprint density at radius 2 is 2.04 bits per heavy atom. The van der Waals surface area contributed by atoms with Gasteiger partial charge in [0.1, 0.15) is 5.82 Å². The zero-order valence-electron chi connectivity index (χ0n) is 15.6. The summed E-state index contributed by atoms with van der Waals surface area (Å²) in [7, 11) is -3.53. The Bertz CT molecular complexity index is 948. The first kappa shape index (κ1) is 18.9. The highest BCUT2D eigenvalue weighted by molar-refractivity contribution is 7.89. The average molecular weight is 395 g/mol. The number of aliphatic hydroxyl groups is 1. The normalized spacial score (nSPS) is 22.7. The molecule has 2 aromatic rings. The fourth-order valence-corrected chi connectivity index (χ4v) is 6.33. The molecule has 2 N–H and O–H groups in total. The lowest BCUT2D eigenvalue weighted by Crippen LogP contribution is -2.38. The van der Waals surface area contributed by atoms with Gasteiger partial charge in [-0.15, -0.1) is 0 Å². The predicted molar refractivity (Wildman–Crippen MR) is 104 cm³/mol. The number of fused-ring (bicyclic) bond motifs is 3. The number of hydrogen-bond acceptors (Lipinski definition) is 4. The van der Waals surface area contributed by atoms with Crippen molar-refractivity contribution in [1.82, 2.24) is 9.29 Å². The highest BCUT2D eigenvalue weighted by Gasteiger charge is 2.37. The van der Waals surface area contributed by atoms with Crippen LogP contribution >= 0.6 is 0 Å². The smallest absolute Gasteiger partial charge is 0.236 e. The lowest BCUT2D eigenvalue weighted by Gasteiger charge is -2.37. The lowest BCUT2D eigenvalue weighted by atomic mass is 9.71. The van der Waals surface area contributed by atoms with E-state index in [9.17, 15) is 17.9 Å². The van der Waals surface area contributed by atoms with Gasteiger partial charge >= 0.3 is 0 Å². The van der Waals surface area contributed by atoms with Crippen molar-refractivity contribution in [3.8, 4) is 0 Å². The van der Waals surface area contributed by atoms with Gasteiger partial charge in [-0.05, 0) is 35.6 Å². The SMILES string of the molecule is CS(=O)(=O)n1c2c(c3cc(F)ccc31)C(C(CO)C1CCCCC1)CNC2. The summed E-state index contributed by atoms with van der Waals surface area (Å²) in [5.74, 6) is 0.0889. The largest absolute Gasteiger partial charge is 0.396 e. The van der Waals surface area contributed by atoms with E-state index in [1.807, 2.05) is 0 Å². The minimum Gasteiger partial charge on any atom is -0.396 e. The molecule has 0 bridgehead atoms. The van der Waals surface area contributed by atoms with Gasteiger partial charge < -0.3 is 10.4 Å². The summed E-state index contributed by atoms with van der Waals surface area (Å²) in [6, 6.07) is 4.31. The van der Waals surface area contributed by atoms with Crippen LogP contribution in [0.3, 0.4) is 0 Å². The molecule has 0 spiro atoms. The van der Waals surface area contributed by atoms with Gasteiger partial charge in [0.05, 0.1) is 17.5 Å². The molecule has 1 fully saturated rings. The molecule has 0 saturated heterocycles. The molecule has 4 rings (SSSR count). The van der Waals surface area contributed by atoms with E-state index in [0.717, 1.165) is 18.4 Å². The number of aromatic nitrogens is 1. The topological polar surface area (TPSA) is 71.3 Å². The summed E-state index contributed by atoms with van der Waals surface area (Å²) >= 11 is 0. The molecule has 7 heteroatoms.